The minimum atomic E-state index is 0.507. The fraction of sp³-hybridized carbons (Fsp3) is 0.667. The van der Waals surface area contributed by atoms with Crippen LogP contribution in [-0.2, 0) is 5.88 Å². The van der Waals surface area contributed by atoms with Crippen LogP contribution >= 0.6 is 11.6 Å². The van der Waals surface area contributed by atoms with E-state index >= 15 is 0 Å². The molecule has 1 aromatic heterocycles. The van der Waals surface area contributed by atoms with Gasteiger partial charge in [-0.1, -0.05) is 39.2 Å². The van der Waals surface area contributed by atoms with Crippen LogP contribution in [0.2, 0.25) is 0 Å². The van der Waals surface area contributed by atoms with Gasteiger partial charge in [-0.2, -0.15) is 0 Å². The smallest absolute Gasteiger partial charge is 0.213 e. The molecule has 1 heterocycles. The van der Waals surface area contributed by atoms with Gasteiger partial charge in [-0.25, -0.2) is 4.98 Å². The fourth-order valence-corrected chi connectivity index (χ4v) is 2.17. The Labute approximate surface area is 116 Å². The standard InChI is InChI=1S/C15H24ClNO/c1-4-6-7-13(5-2)11-18-15-9-8-14(10-16)12(3)17-15/h8-9,13H,4-7,10-11H2,1-3H3. The lowest BCUT2D eigenvalue weighted by molar-refractivity contribution is 0.225. The first kappa shape index (κ1) is 15.3. The van der Waals surface area contributed by atoms with Crippen molar-refractivity contribution in [2.75, 3.05) is 6.61 Å². The van der Waals surface area contributed by atoms with Crippen LogP contribution in [0.25, 0.3) is 0 Å². The third-order valence-electron chi connectivity index (χ3n) is 3.32. The third-order valence-corrected chi connectivity index (χ3v) is 3.61. The Morgan fingerprint density at radius 3 is 2.67 bits per heavy atom. The normalized spacial score (nSPS) is 12.4. The van der Waals surface area contributed by atoms with Crippen LogP contribution in [0.4, 0.5) is 0 Å². The van der Waals surface area contributed by atoms with Crippen LogP contribution in [0.15, 0.2) is 12.1 Å². The largest absolute Gasteiger partial charge is 0.477 e. The molecule has 0 aliphatic heterocycles. The van der Waals surface area contributed by atoms with Gasteiger partial charge >= 0.3 is 0 Å². The maximum atomic E-state index is 5.81. The molecule has 0 aliphatic rings. The highest BCUT2D eigenvalue weighted by Crippen LogP contribution is 2.17. The van der Waals surface area contributed by atoms with Crippen molar-refractivity contribution in [3.05, 3.63) is 23.4 Å². The molecule has 0 bridgehead atoms. The highest BCUT2D eigenvalue weighted by atomic mass is 35.5. The molecule has 0 aromatic carbocycles. The molecule has 0 fully saturated rings. The summed E-state index contributed by atoms with van der Waals surface area (Å²) in [5, 5.41) is 0. The van der Waals surface area contributed by atoms with E-state index in [-0.39, 0.29) is 0 Å². The van der Waals surface area contributed by atoms with E-state index in [4.69, 9.17) is 16.3 Å². The van der Waals surface area contributed by atoms with E-state index in [9.17, 15) is 0 Å². The predicted molar refractivity (Wildman–Crippen MR) is 77.3 cm³/mol. The molecule has 2 nitrogen and oxygen atoms in total. The summed E-state index contributed by atoms with van der Waals surface area (Å²) in [6, 6.07) is 3.91. The number of unbranched alkanes of at least 4 members (excludes halogenated alkanes) is 1. The van der Waals surface area contributed by atoms with Gasteiger partial charge in [-0.05, 0) is 24.8 Å². The van der Waals surface area contributed by atoms with Gasteiger partial charge < -0.3 is 4.74 Å². The molecule has 3 heteroatoms. The minimum Gasteiger partial charge on any atom is -0.477 e. The lowest BCUT2D eigenvalue weighted by Crippen LogP contribution is -2.12. The van der Waals surface area contributed by atoms with Crippen LogP contribution in [0.5, 0.6) is 5.88 Å². The van der Waals surface area contributed by atoms with Gasteiger partial charge in [0.05, 0.1) is 6.61 Å². The van der Waals surface area contributed by atoms with Crippen molar-refractivity contribution in [1.82, 2.24) is 4.98 Å². The molecule has 0 N–H and O–H groups in total. The summed E-state index contributed by atoms with van der Waals surface area (Å²) in [4.78, 5) is 4.42. The van der Waals surface area contributed by atoms with Crippen molar-refractivity contribution in [2.45, 2.75) is 52.3 Å². The van der Waals surface area contributed by atoms with E-state index in [1.807, 2.05) is 19.1 Å². The quantitative estimate of drug-likeness (QED) is 0.637. The number of nitrogens with zero attached hydrogens (tertiary/aromatic N) is 1. The summed E-state index contributed by atoms with van der Waals surface area (Å²) < 4.78 is 5.78. The van der Waals surface area contributed by atoms with Crippen LogP contribution in [0.1, 0.15) is 50.8 Å². The van der Waals surface area contributed by atoms with Crippen LogP contribution in [-0.4, -0.2) is 11.6 Å². The number of alkyl halides is 1. The number of aryl methyl sites for hydroxylation is 1. The van der Waals surface area contributed by atoms with E-state index in [1.54, 1.807) is 0 Å². The average Bonchev–Trinajstić information content (AvgIpc) is 2.39. The Morgan fingerprint density at radius 2 is 2.11 bits per heavy atom. The molecule has 0 spiro atoms. The molecule has 102 valence electrons. The second kappa shape index (κ2) is 8.36. The molecule has 18 heavy (non-hydrogen) atoms. The Hall–Kier alpha value is -0.760. The van der Waals surface area contributed by atoms with Crippen LogP contribution in [0.3, 0.4) is 0 Å². The van der Waals surface area contributed by atoms with Gasteiger partial charge in [0, 0.05) is 17.6 Å². The van der Waals surface area contributed by atoms with E-state index in [0.717, 1.165) is 23.7 Å². The SMILES string of the molecule is CCCCC(CC)COc1ccc(CCl)c(C)n1. The van der Waals surface area contributed by atoms with Crippen LogP contribution < -0.4 is 4.74 Å². The van der Waals surface area contributed by atoms with Crippen LogP contribution in [0, 0.1) is 12.8 Å². The average molecular weight is 270 g/mol. The summed E-state index contributed by atoms with van der Waals surface area (Å²) in [6.45, 7) is 7.18. The molecular weight excluding hydrogens is 246 g/mol. The summed E-state index contributed by atoms with van der Waals surface area (Å²) in [5.41, 5.74) is 2.03. The minimum absolute atomic E-state index is 0.507. The number of rotatable bonds is 8. The highest BCUT2D eigenvalue weighted by Gasteiger charge is 2.08. The molecule has 0 amide bonds. The van der Waals surface area contributed by atoms with Gasteiger partial charge in [0.2, 0.25) is 5.88 Å². The molecule has 0 aliphatic carbocycles. The lowest BCUT2D eigenvalue weighted by atomic mass is 10.0. The molecule has 1 atom stereocenters. The first-order chi connectivity index (χ1) is 8.71. The zero-order chi connectivity index (χ0) is 13.4. The van der Waals surface area contributed by atoms with Gasteiger partial charge in [0.25, 0.3) is 0 Å². The van der Waals surface area contributed by atoms with Crippen molar-refractivity contribution in [1.29, 1.82) is 0 Å². The van der Waals surface area contributed by atoms with Crippen molar-refractivity contribution >= 4 is 11.6 Å². The Bertz CT molecular complexity index is 354. The summed E-state index contributed by atoms with van der Waals surface area (Å²) in [6.07, 6.45) is 4.93. The number of hydrogen-bond donors (Lipinski definition) is 0. The van der Waals surface area contributed by atoms with Crippen molar-refractivity contribution in [3.8, 4) is 5.88 Å². The molecule has 0 saturated heterocycles. The first-order valence-electron chi connectivity index (χ1n) is 6.86. The number of halogens is 1. The predicted octanol–water partition coefficient (Wildman–Crippen LogP) is 4.72. The van der Waals surface area contributed by atoms with Gasteiger partial charge in [0.15, 0.2) is 0 Å². The van der Waals surface area contributed by atoms with Crippen molar-refractivity contribution in [3.63, 3.8) is 0 Å². The third kappa shape index (κ3) is 4.85. The van der Waals surface area contributed by atoms with E-state index in [1.165, 1.54) is 25.7 Å². The number of aromatic nitrogens is 1. The fourth-order valence-electron chi connectivity index (χ4n) is 1.89. The molecule has 1 rings (SSSR count). The molecule has 0 radical (unpaired) electrons. The summed E-state index contributed by atoms with van der Waals surface area (Å²) in [5.74, 6) is 1.86. The zero-order valence-corrected chi connectivity index (χ0v) is 12.5. The van der Waals surface area contributed by atoms with Gasteiger partial charge in [0.1, 0.15) is 0 Å². The monoisotopic (exact) mass is 269 g/mol. The van der Waals surface area contributed by atoms with Crippen molar-refractivity contribution < 1.29 is 4.74 Å². The zero-order valence-electron chi connectivity index (χ0n) is 11.7. The Kier molecular flexibility index (Phi) is 7.11. The maximum Gasteiger partial charge on any atom is 0.213 e. The second-order valence-corrected chi connectivity index (χ2v) is 5.02. The first-order valence-corrected chi connectivity index (χ1v) is 7.39. The topological polar surface area (TPSA) is 22.1 Å². The number of hydrogen-bond acceptors (Lipinski definition) is 2. The number of ether oxygens (including phenoxy) is 1. The molecule has 1 aromatic rings. The maximum absolute atomic E-state index is 5.81. The lowest BCUT2D eigenvalue weighted by Gasteiger charge is -2.15. The number of pyridine rings is 1. The summed E-state index contributed by atoms with van der Waals surface area (Å²) >= 11 is 5.81. The van der Waals surface area contributed by atoms with Crippen molar-refractivity contribution in [2.24, 2.45) is 5.92 Å². The molecular formula is C15H24ClNO. The highest BCUT2D eigenvalue weighted by molar-refractivity contribution is 6.17. The second-order valence-electron chi connectivity index (χ2n) is 4.76. The Morgan fingerprint density at radius 1 is 1.33 bits per heavy atom. The molecule has 1 unspecified atom stereocenters. The van der Waals surface area contributed by atoms with E-state index < -0.39 is 0 Å². The van der Waals surface area contributed by atoms with E-state index in [2.05, 4.69) is 18.8 Å². The van der Waals surface area contributed by atoms with E-state index in [0.29, 0.717) is 11.8 Å². The van der Waals surface area contributed by atoms with Gasteiger partial charge in [-0.15, -0.1) is 11.6 Å². The Balaban J connectivity index is 2.49. The summed E-state index contributed by atoms with van der Waals surface area (Å²) in [7, 11) is 0. The van der Waals surface area contributed by atoms with Gasteiger partial charge in [-0.3, -0.25) is 0 Å². The molecule has 0 saturated carbocycles.